The minimum Gasteiger partial charge on any atom is -0.481 e. The molecule has 0 atom stereocenters. The first-order valence-corrected chi connectivity index (χ1v) is 13.4. The first kappa shape index (κ1) is 25.0. The number of halogens is 1. The van der Waals surface area contributed by atoms with Crippen LogP contribution in [0, 0.1) is 11.7 Å². The number of fused-ring (bicyclic) bond motifs is 1. The first-order valence-electron chi connectivity index (χ1n) is 13.4. The quantitative estimate of drug-likeness (QED) is 0.269. The lowest BCUT2D eigenvalue weighted by atomic mass is 9.77. The van der Waals surface area contributed by atoms with Crippen LogP contribution in [-0.2, 0) is 4.79 Å². The number of nitrogens with zero attached hydrogens (tertiary/aromatic N) is 4. The van der Waals surface area contributed by atoms with Crippen molar-refractivity contribution >= 4 is 22.7 Å². The number of H-pyrrole nitrogens is 1. The molecule has 1 fully saturated rings. The van der Waals surface area contributed by atoms with Crippen LogP contribution >= 0.6 is 0 Å². The van der Waals surface area contributed by atoms with Gasteiger partial charge in [0.05, 0.1) is 28.0 Å². The number of carboxylic acid groups (broad SMARTS) is 1. The van der Waals surface area contributed by atoms with Crippen LogP contribution in [0.4, 0.5) is 10.1 Å². The van der Waals surface area contributed by atoms with Gasteiger partial charge in [0.15, 0.2) is 0 Å². The van der Waals surface area contributed by atoms with Crippen LogP contribution in [0.25, 0.3) is 33.5 Å². The van der Waals surface area contributed by atoms with E-state index in [1.807, 2.05) is 41.4 Å². The molecule has 4 aromatic rings. The highest BCUT2D eigenvalue weighted by Crippen LogP contribution is 2.38. The van der Waals surface area contributed by atoms with Gasteiger partial charge in [0, 0.05) is 19.4 Å². The summed E-state index contributed by atoms with van der Waals surface area (Å²) >= 11 is 0. The predicted octanol–water partition coefficient (Wildman–Crippen LogP) is 7.88. The monoisotopic (exact) mass is 523 g/mol. The van der Waals surface area contributed by atoms with Gasteiger partial charge in [0.25, 0.3) is 0 Å². The van der Waals surface area contributed by atoms with Crippen molar-refractivity contribution in [2.45, 2.75) is 44.4 Å². The summed E-state index contributed by atoms with van der Waals surface area (Å²) in [6, 6.07) is 19.4. The van der Waals surface area contributed by atoms with Gasteiger partial charge in [-0.2, -0.15) is 0 Å². The number of aromatic amines is 1. The number of aromatic nitrogens is 2. The molecule has 0 spiro atoms. The summed E-state index contributed by atoms with van der Waals surface area (Å²) in [5.74, 6) is 0.178. The largest absolute Gasteiger partial charge is 0.481 e. The van der Waals surface area contributed by atoms with Gasteiger partial charge in [-0.25, -0.2) is 14.4 Å². The summed E-state index contributed by atoms with van der Waals surface area (Å²) in [5, 5.41) is 19.1. The highest BCUT2D eigenvalue weighted by molar-refractivity contribution is 5.83. The number of anilines is 1. The molecule has 1 saturated carbocycles. The summed E-state index contributed by atoms with van der Waals surface area (Å²) in [5.41, 5.74) is 6.66. The van der Waals surface area contributed by atoms with E-state index in [9.17, 15) is 4.79 Å². The molecule has 3 aromatic carbocycles. The third-order valence-corrected chi connectivity index (χ3v) is 7.92. The van der Waals surface area contributed by atoms with Crippen LogP contribution in [-0.4, -0.2) is 27.6 Å². The van der Waals surface area contributed by atoms with Gasteiger partial charge in [-0.15, -0.1) is 5.11 Å². The topological polar surface area (TPSA) is 93.9 Å². The number of rotatable bonds is 6. The SMILES string of the molecule is C=C1CCN(c2ccc3nc(-c4ccc(-c5ccc(C6CCC(CC(=O)O)CC6)cc5)cc4F)[nH]c3c2)N=N1. The third kappa shape index (κ3) is 5.32. The molecule has 39 heavy (non-hydrogen) atoms. The van der Waals surface area contributed by atoms with Crippen molar-refractivity contribution in [3.05, 3.63) is 84.3 Å². The Bertz CT molecular complexity index is 1570. The number of nitrogens with one attached hydrogen (secondary N) is 1. The van der Waals surface area contributed by atoms with Crippen molar-refractivity contribution in [2.75, 3.05) is 11.6 Å². The number of carboxylic acids is 1. The summed E-state index contributed by atoms with van der Waals surface area (Å²) in [6.07, 6.45) is 4.95. The van der Waals surface area contributed by atoms with Crippen LogP contribution in [0.1, 0.15) is 50.0 Å². The van der Waals surface area contributed by atoms with Gasteiger partial charge in [0.2, 0.25) is 0 Å². The lowest BCUT2D eigenvalue weighted by Gasteiger charge is -2.28. The Morgan fingerprint density at radius 1 is 1.03 bits per heavy atom. The molecule has 2 N–H and O–H groups in total. The molecule has 1 aromatic heterocycles. The smallest absolute Gasteiger partial charge is 0.303 e. The van der Waals surface area contributed by atoms with Crippen LogP contribution < -0.4 is 5.01 Å². The molecule has 0 radical (unpaired) electrons. The zero-order valence-corrected chi connectivity index (χ0v) is 21.6. The molecule has 0 bridgehead atoms. The number of hydrogen-bond acceptors (Lipinski definition) is 5. The lowest BCUT2D eigenvalue weighted by molar-refractivity contribution is -0.138. The molecule has 6 rings (SSSR count). The Hall–Kier alpha value is -4.33. The molecule has 2 heterocycles. The summed E-state index contributed by atoms with van der Waals surface area (Å²) in [4.78, 5) is 18.9. The Labute approximate surface area is 226 Å². The minimum absolute atomic E-state index is 0.268. The lowest BCUT2D eigenvalue weighted by Crippen LogP contribution is -2.20. The molecule has 2 aliphatic rings. The number of aliphatic carboxylic acids is 1. The van der Waals surface area contributed by atoms with Gasteiger partial charge >= 0.3 is 5.97 Å². The molecule has 7 nitrogen and oxygen atoms in total. The van der Waals surface area contributed by atoms with Crippen LogP contribution in [0.15, 0.2) is 83.3 Å². The molecule has 0 saturated heterocycles. The second-order valence-corrected chi connectivity index (χ2v) is 10.5. The molecule has 1 aliphatic carbocycles. The molecule has 198 valence electrons. The zero-order chi connectivity index (χ0) is 26.9. The van der Waals surface area contributed by atoms with Crippen molar-refractivity contribution in [3.8, 4) is 22.5 Å². The van der Waals surface area contributed by atoms with Crippen molar-refractivity contribution in [3.63, 3.8) is 0 Å². The molecular weight excluding hydrogens is 493 g/mol. The van der Waals surface area contributed by atoms with Gasteiger partial charge in [-0.05, 0) is 84.5 Å². The number of hydrogen-bond donors (Lipinski definition) is 2. The Balaban J connectivity index is 1.17. The minimum atomic E-state index is -0.705. The molecule has 0 amide bonds. The maximum atomic E-state index is 15.3. The van der Waals surface area contributed by atoms with Gasteiger partial charge in [-0.1, -0.05) is 42.1 Å². The van der Waals surface area contributed by atoms with E-state index < -0.39 is 5.97 Å². The summed E-state index contributed by atoms with van der Waals surface area (Å²) in [6.45, 7) is 4.55. The van der Waals surface area contributed by atoms with E-state index in [1.165, 1.54) is 5.56 Å². The van der Waals surface area contributed by atoms with E-state index in [2.05, 4.69) is 39.0 Å². The Morgan fingerprint density at radius 2 is 1.79 bits per heavy atom. The molecular formula is C31H30FN5O2. The first-order chi connectivity index (χ1) is 18.9. The van der Waals surface area contributed by atoms with Crippen molar-refractivity contribution < 1.29 is 14.3 Å². The number of imidazole rings is 1. The maximum Gasteiger partial charge on any atom is 0.303 e. The number of carbonyl (C=O) groups is 1. The fraction of sp³-hybridized carbons (Fsp3) is 0.290. The van der Waals surface area contributed by atoms with Crippen molar-refractivity contribution in [1.82, 2.24) is 9.97 Å². The van der Waals surface area contributed by atoms with E-state index >= 15 is 4.39 Å². The predicted molar refractivity (Wildman–Crippen MR) is 150 cm³/mol. The summed E-state index contributed by atoms with van der Waals surface area (Å²) < 4.78 is 15.3. The van der Waals surface area contributed by atoms with Crippen LogP contribution in [0.5, 0.6) is 0 Å². The maximum absolute atomic E-state index is 15.3. The average Bonchev–Trinajstić information content (AvgIpc) is 3.37. The van der Waals surface area contributed by atoms with Crippen molar-refractivity contribution in [1.29, 1.82) is 0 Å². The highest BCUT2D eigenvalue weighted by Gasteiger charge is 2.24. The van der Waals surface area contributed by atoms with E-state index in [-0.39, 0.29) is 18.2 Å². The van der Waals surface area contributed by atoms with E-state index in [0.29, 0.717) is 23.9 Å². The average molecular weight is 524 g/mol. The zero-order valence-electron chi connectivity index (χ0n) is 21.6. The third-order valence-electron chi connectivity index (χ3n) is 7.92. The van der Waals surface area contributed by atoms with E-state index in [1.54, 1.807) is 12.1 Å². The van der Waals surface area contributed by atoms with Crippen LogP contribution in [0.2, 0.25) is 0 Å². The van der Waals surface area contributed by atoms with Crippen molar-refractivity contribution in [2.24, 2.45) is 16.3 Å². The fourth-order valence-corrected chi connectivity index (χ4v) is 5.69. The van der Waals surface area contributed by atoms with Crippen LogP contribution in [0.3, 0.4) is 0 Å². The Morgan fingerprint density at radius 3 is 2.49 bits per heavy atom. The Kier molecular flexibility index (Phi) is 6.69. The second kappa shape index (κ2) is 10.4. The van der Waals surface area contributed by atoms with Gasteiger partial charge in [0.1, 0.15) is 11.6 Å². The van der Waals surface area contributed by atoms with Gasteiger partial charge in [-0.3, -0.25) is 4.79 Å². The van der Waals surface area contributed by atoms with Gasteiger partial charge < -0.3 is 10.1 Å². The summed E-state index contributed by atoms with van der Waals surface area (Å²) in [7, 11) is 0. The normalized spacial score (nSPS) is 19.5. The number of benzene rings is 3. The highest BCUT2D eigenvalue weighted by atomic mass is 19.1. The molecule has 1 aliphatic heterocycles. The molecule has 0 unspecified atom stereocenters. The standard InChI is InChI=1S/C31H30FN5O2/c1-19-14-15-37(36-35-19)25-11-13-28-29(18-25)34-31(33-28)26-12-10-24(17-27(26)32)23-8-6-22(7-9-23)21-4-2-20(3-5-21)16-30(38)39/h6-13,17-18,20-21H,1-5,14-16H2,(H,33,34)(H,38,39). The fourth-order valence-electron chi connectivity index (χ4n) is 5.69. The van der Waals surface area contributed by atoms with E-state index in [0.717, 1.165) is 65.6 Å². The van der Waals surface area contributed by atoms with E-state index in [4.69, 9.17) is 5.11 Å². The molecule has 8 heteroatoms. The second-order valence-electron chi connectivity index (χ2n) is 10.5.